The first kappa shape index (κ1) is 12.1. The van der Waals surface area contributed by atoms with Crippen LogP contribution in [0.5, 0.6) is 0 Å². The van der Waals surface area contributed by atoms with Crippen molar-refractivity contribution in [2.24, 2.45) is 0 Å². The summed E-state index contributed by atoms with van der Waals surface area (Å²) in [5.74, 6) is -0.313. The predicted octanol–water partition coefficient (Wildman–Crippen LogP) is 2.84. The third-order valence-corrected chi connectivity index (χ3v) is 3.20. The zero-order valence-corrected chi connectivity index (χ0v) is 10.1. The van der Waals surface area contributed by atoms with Crippen LogP contribution in [-0.2, 0) is 4.74 Å². The second-order valence-electron chi connectivity index (χ2n) is 4.47. The molecule has 0 radical (unpaired) electrons. The van der Waals surface area contributed by atoms with Gasteiger partial charge in [-0.1, -0.05) is 38.0 Å². The van der Waals surface area contributed by atoms with E-state index in [1.165, 1.54) is 0 Å². The van der Waals surface area contributed by atoms with Gasteiger partial charge in [-0.15, -0.1) is 0 Å². The molecule has 1 aromatic rings. The number of carbonyl (C=O) groups excluding carboxylic acids is 1. The maximum absolute atomic E-state index is 11.7. The van der Waals surface area contributed by atoms with Crippen LogP contribution in [0.2, 0.25) is 0 Å². The van der Waals surface area contributed by atoms with E-state index >= 15 is 0 Å². The minimum absolute atomic E-state index is 0.313. The lowest BCUT2D eigenvalue weighted by molar-refractivity contribution is -0.0329. The van der Waals surface area contributed by atoms with E-state index in [1.54, 1.807) is 18.2 Å². The zero-order valence-electron chi connectivity index (χ0n) is 10.1. The molecule has 17 heavy (non-hydrogen) atoms. The Balaban J connectivity index is 2.12. The van der Waals surface area contributed by atoms with Crippen molar-refractivity contribution in [3.05, 3.63) is 35.4 Å². The number of hydrogen-bond acceptors (Lipinski definition) is 3. The molecule has 1 heterocycles. The molecular formula is C14H18O3. The van der Waals surface area contributed by atoms with Crippen LogP contribution in [0.25, 0.3) is 0 Å². The Morgan fingerprint density at radius 2 is 2.06 bits per heavy atom. The summed E-state index contributed by atoms with van der Waals surface area (Å²) in [5, 5.41) is 10.2. The van der Waals surface area contributed by atoms with Crippen molar-refractivity contribution in [1.82, 2.24) is 0 Å². The van der Waals surface area contributed by atoms with Gasteiger partial charge >= 0.3 is 5.97 Å². The van der Waals surface area contributed by atoms with Gasteiger partial charge in [0, 0.05) is 0 Å². The second-order valence-corrected chi connectivity index (χ2v) is 4.47. The molecule has 0 unspecified atom stereocenters. The number of cyclic esters (lactones) is 1. The molecule has 2 atom stereocenters. The van der Waals surface area contributed by atoms with Gasteiger partial charge in [-0.25, -0.2) is 4.79 Å². The van der Waals surface area contributed by atoms with Gasteiger partial charge in [0.25, 0.3) is 0 Å². The van der Waals surface area contributed by atoms with E-state index in [-0.39, 0.29) is 12.1 Å². The number of esters is 1. The summed E-state index contributed by atoms with van der Waals surface area (Å²) >= 11 is 0. The largest absolute Gasteiger partial charge is 0.456 e. The Hall–Kier alpha value is -1.35. The van der Waals surface area contributed by atoms with Crippen LogP contribution in [0.3, 0.4) is 0 Å². The molecule has 3 nitrogen and oxygen atoms in total. The smallest absolute Gasteiger partial charge is 0.338 e. The number of carbonyl (C=O) groups is 1. The Morgan fingerprint density at radius 3 is 2.82 bits per heavy atom. The molecule has 0 spiro atoms. The van der Waals surface area contributed by atoms with Crippen molar-refractivity contribution in [1.29, 1.82) is 0 Å². The number of hydrogen-bond donors (Lipinski definition) is 1. The first-order valence-electron chi connectivity index (χ1n) is 6.22. The Morgan fingerprint density at radius 1 is 1.29 bits per heavy atom. The van der Waals surface area contributed by atoms with Gasteiger partial charge < -0.3 is 9.84 Å². The van der Waals surface area contributed by atoms with Gasteiger partial charge in [0.1, 0.15) is 12.2 Å². The molecule has 0 aromatic heterocycles. The molecule has 2 rings (SSSR count). The molecule has 1 aliphatic rings. The van der Waals surface area contributed by atoms with Gasteiger partial charge in [0.2, 0.25) is 0 Å². The van der Waals surface area contributed by atoms with Crippen molar-refractivity contribution in [2.45, 2.75) is 44.8 Å². The summed E-state index contributed by atoms with van der Waals surface area (Å²) < 4.78 is 5.28. The Bertz CT molecular complexity index is 400. The lowest BCUT2D eigenvalue weighted by Gasteiger charge is -2.29. The minimum atomic E-state index is -0.680. The average Bonchev–Trinajstić information content (AvgIpc) is 2.36. The molecule has 0 bridgehead atoms. The molecule has 0 fully saturated rings. The summed E-state index contributed by atoms with van der Waals surface area (Å²) in [7, 11) is 0. The van der Waals surface area contributed by atoms with Gasteiger partial charge in [0.15, 0.2) is 0 Å². The third kappa shape index (κ3) is 2.50. The second kappa shape index (κ2) is 5.32. The SMILES string of the molecule is CCCCC[C@H]1OC(=O)c2ccccc2[C@@H]1O. The normalized spacial score (nSPS) is 23.1. The highest BCUT2D eigenvalue weighted by Crippen LogP contribution is 2.31. The van der Waals surface area contributed by atoms with Crippen LogP contribution < -0.4 is 0 Å². The van der Waals surface area contributed by atoms with Crippen molar-refractivity contribution < 1.29 is 14.6 Å². The molecule has 1 N–H and O–H groups in total. The highest BCUT2D eigenvalue weighted by Gasteiger charge is 2.33. The molecule has 1 aromatic carbocycles. The molecule has 0 amide bonds. The topological polar surface area (TPSA) is 46.5 Å². The predicted molar refractivity (Wildman–Crippen MR) is 64.7 cm³/mol. The molecule has 3 heteroatoms. The van der Waals surface area contributed by atoms with Crippen molar-refractivity contribution in [2.75, 3.05) is 0 Å². The van der Waals surface area contributed by atoms with Gasteiger partial charge in [-0.2, -0.15) is 0 Å². The monoisotopic (exact) mass is 234 g/mol. The number of ether oxygens (including phenoxy) is 1. The van der Waals surface area contributed by atoms with E-state index in [9.17, 15) is 9.90 Å². The highest BCUT2D eigenvalue weighted by molar-refractivity contribution is 5.92. The van der Waals surface area contributed by atoms with Crippen LogP contribution >= 0.6 is 0 Å². The molecule has 0 saturated heterocycles. The van der Waals surface area contributed by atoms with Crippen LogP contribution in [-0.4, -0.2) is 17.2 Å². The van der Waals surface area contributed by atoms with E-state index in [4.69, 9.17) is 4.74 Å². The highest BCUT2D eigenvalue weighted by atomic mass is 16.6. The summed E-state index contributed by atoms with van der Waals surface area (Å²) in [4.78, 5) is 11.7. The number of aliphatic hydroxyl groups is 1. The fourth-order valence-electron chi connectivity index (χ4n) is 2.22. The first-order valence-corrected chi connectivity index (χ1v) is 6.22. The van der Waals surface area contributed by atoms with Gasteiger partial charge in [0.05, 0.1) is 5.56 Å². The Labute approximate surface area is 101 Å². The van der Waals surface area contributed by atoms with Crippen molar-refractivity contribution >= 4 is 5.97 Å². The van der Waals surface area contributed by atoms with Gasteiger partial charge in [-0.05, 0) is 24.5 Å². The molecule has 92 valence electrons. The van der Waals surface area contributed by atoms with Gasteiger partial charge in [-0.3, -0.25) is 0 Å². The maximum Gasteiger partial charge on any atom is 0.338 e. The van der Waals surface area contributed by atoms with E-state index in [0.717, 1.165) is 25.7 Å². The fourth-order valence-corrected chi connectivity index (χ4v) is 2.22. The summed E-state index contributed by atoms with van der Waals surface area (Å²) in [5.41, 5.74) is 1.19. The number of aliphatic hydroxyl groups excluding tert-OH is 1. The number of rotatable bonds is 4. The molecule has 0 aliphatic carbocycles. The van der Waals surface area contributed by atoms with E-state index < -0.39 is 6.10 Å². The van der Waals surface area contributed by atoms with Crippen LogP contribution in [0.4, 0.5) is 0 Å². The number of benzene rings is 1. The van der Waals surface area contributed by atoms with E-state index in [0.29, 0.717) is 11.1 Å². The van der Waals surface area contributed by atoms with Crippen molar-refractivity contribution in [3.63, 3.8) is 0 Å². The fraction of sp³-hybridized carbons (Fsp3) is 0.500. The van der Waals surface area contributed by atoms with Crippen LogP contribution in [0.1, 0.15) is 54.6 Å². The third-order valence-electron chi connectivity index (χ3n) is 3.20. The maximum atomic E-state index is 11.7. The zero-order chi connectivity index (χ0) is 12.3. The van der Waals surface area contributed by atoms with E-state index in [1.807, 2.05) is 6.07 Å². The summed E-state index contributed by atoms with van der Waals surface area (Å²) in [6.07, 6.45) is 2.86. The van der Waals surface area contributed by atoms with Crippen LogP contribution in [0, 0.1) is 0 Å². The van der Waals surface area contributed by atoms with E-state index in [2.05, 4.69) is 6.92 Å². The summed E-state index contributed by atoms with van der Waals surface area (Å²) in [6.45, 7) is 2.12. The molecular weight excluding hydrogens is 216 g/mol. The minimum Gasteiger partial charge on any atom is -0.456 e. The van der Waals surface area contributed by atoms with Crippen LogP contribution in [0.15, 0.2) is 24.3 Å². The first-order chi connectivity index (χ1) is 8.24. The lowest BCUT2D eigenvalue weighted by atomic mass is 9.93. The number of fused-ring (bicyclic) bond motifs is 1. The standard InChI is InChI=1S/C14H18O3/c1-2-3-4-9-12-13(15)10-7-5-6-8-11(10)14(16)17-12/h5-8,12-13,15H,2-4,9H2,1H3/t12-,13+/m1/s1. The van der Waals surface area contributed by atoms with Crippen molar-refractivity contribution in [3.8, 4) is 0 Å². The molecule has 1 aliphatic heterocycles. The lowest BCUT2D eigenvalue weighted by Crippen LogP contribution is -2.32. The average molecular weight is 234 g/mol. The summed E-state index contributed by atoms with van der Waals surface area (Å²) in [6, 6.07) is 7.12. The quantitative estimate of drug-likeness (QED) is 0.643. The molecule has 0 saturated carbocycles. The Kier molecular flexibility index (Phi) is 3.79. The number of unbranched alkanes of at least 4 members (excludes halogenated alkanes) is 2.